The van der Waals surface area contributed by atoms with Crippen molar-refractivity contribution in [1.82, 2.24) is 14.5 Å². The number of carbonyl (C=O) groups is 1. The van der Waals surface area contributed by atoms with E-state index in [1.165, 1.54) is 24.0 Å². The molecule has 0 aliphatic heterocycles. The maximum atomic E-state index is 11.8. The van der Waals surface area contributed by atoms with E-state index < -0.39 is 22.0 Å². The normalized spacial score (nSPS) is 13.9. The van der Waals surface area contributed by atoms with Crippen molar-refractivity contribution in [2.45, 2.75) is 37.8 Å². The molecule has 7 nitrogen and oxygen atoms in total. The van der Waals surface area contributed by atoms with E-state index in [1.807, 2.05) is 18.6 Å². The lowest BCUT2D eigenvalue weighted by Crippen LogP contribution is -2.38. The molecule has 0 aliphatic carbocycles. The van der Waals surface area contributed by atoms with E-state index in [0.29, 0.717) is 0 Å². The zero-order valence-corrected chi connectivity index (χ0v) is 10.6. The number of carboxylic acids is 1. The molecule has 0 spiro atoms. The van der Waals surface area contributed by atoms with E-state index in [4.69, 9.17) is 5.11 Å². The van der Waals surface area contributed by atoms with E-state index in [9.17, 15) is 13.2 Å². The van der Waals surface area contributed by atoms with Gasteiger partial charge in [0.05, 0.1) is 6.20 Å². The number of aromatic nitrogens is 2. The topological polar surface area (TPSA) is 101 Å². The summed E-state index contributed by atoms with van der Waals surface area (Å²) in [5, 5.41) is 12.5. The number of hydrogen-bond donors (Lipinski definition) is 2. The second-order valence-corrected chi connectivity index (χ2v) is 5.64. The van der Waals surface area contributed by atoms with Crippen molar-refractivity contribution >= 4 is 16.0 Å². The zero-order chi connectivity index (χ0) is 13.2. The third-order valence-electron chi connectivity index (χ3n) is 2.12. The van der Waals surface area contributed by atoms with Crippen LogP contribution in [0.4, 0.5) is 0 Å². The van der Waals surface area contributed by atoms with Crippen molar-refractivity contribution in [3.05, 3.63) is 12.4 Å². The minimum atomic E-state index is -3.83. The van der Waals surface area contributed by atoms with Crippen molar-refractivity contribution in [3.8, 4) is 0 Å². The standard InChI is InChI=1S/C9H15N3O4S/c1-6(2)12-5-8(4-10-12)17(15,16)11-7(3)9(13)14/h4-7,11H,1-3H3,(H,13,14)/t7-/m0/s1. The first-order valence-corrected chi connectivity index (χ1v) is 6.51. The molecule has 2 N–H and O–H groups in total. The maximum Gasteiger partial charge on any atom is 0.321 e. The first-order chi connectivity index (χ1) is 7.74. The highest BCUT2D eigenvalue weighted by Gasteiger charge is 2.23. The Kier molecular flexibility index (Phi) is 3.89. The van der Waals surface area contributed by atoms with Gasteiger partial charge in [0.1, 0.15) is 10.9 Å². The van der Waals surface area contributed by atoms with Crippen LogP contribution in [0.25, 0.3) is 0 Å². The minimum absolute atomic E-state index is 0.0378. The van der Waals surface area contributed by atoms with Gasteiger partial charge in [-0.05, 0) is 20.8 Å². The molecule has 96 valence electrons. The second kappa shape index (κ2) is 4.84. The van der Waals surface area contributed by atoms with Crippen LogP contribution >= 0.6 is 0 Å². The van der Waals surface area contributed by atoms with Gasteiger partial charge in [-0.1, -0.05) is 0 Å². The molecule has 0 aliphatic rings. The van der Waals surface area contributed by atoms with Gasteiger partial charge < -0.3 is 5.11 Å². The van der Waals surface area contributed by atoms with Crippen molar-refractivity contribution in [2.75, 3.05) is 0 Å². The van der Waals surface area contributed by atoms with Crippen LogP contribution in [0.2, 0.25) is 0 Å². The molecular weight excluding hydrogens is 246 g/mol. The highest BCUT2D eigenvalue weighted by molar-refractivity contribution is 7.89. The molecule has 0 unspecified atom stereocenters. The zero-order valence-electron chi connectivity index (χ0n) is 9.78. The van der Waals surface area contributed by atoms with Crippen LogP contribution < -0.4 is 4.72 Å². The van der Waals surface area contributed by atoms with Gasteiger partial charge in [-0.3, -0.25) is 9.48 Å². The fraction of sp³-hybridized carbons (Fsp3) is 0.556. The molecule has 0 fully saturated rings. The summed E-state index contributed by atoms with van der Waals surface area (Å²) in [5.74, 6) is -1.23. The van der Waals surface area contributed by atoms with Crippen LogP contribution in [0.3, 0.4) is 0 Å². The number of rotatable bonds is 5. The summed E-state index contributed by atoms with van der Waals surface area (Å²) in [7, 11) is -3.83. The fourth-order valence-electron chi connectivity index (χ4n) is 1.09. The van der Waals surface area contributed by atoms with Crippen LogP contribution in [0, 0.1) is 0 Å². The molecule has 1 atom stereocenters. The monoisotopic (exact) mass is 261 g/mol. The molecule has 0 amide bonds. The molecule has 1 heterocycles. The van der Waals surface area contributed by atoms with Gasteiger partial charge in [-0.2, -0.15) is 9.82 Å². The summed E-state index contributed by atoms with van der Waals surface area (Å²) >= 11 is 0. The fourth-order valence-corrected chi connectivity index (χ4v) is 2.23. The van der Waals surface area contributed by atoms with Gasteiger partial charge in [-0.25, -0.2) is 8.42 Å². The molecule has 8 heteroatoms. The number of aliphatic carboxylic acids is 1. The van der Waals surface area contributed by atoms with E-state index in [1.54, 1.807) is 0 Å². The van der Waals surface area contributed by atoms with Gasteiger partial charge in [0.2, 0.25) is 10.0 Å². The van der Waals surface area contributed by atoms with Gasteiger partial charge in [0, 0.05) is 12.2 Å². The average Bonchev–Trinajstić information content (AvgIpc) is 2.65. The molecular formula is C9H15N3O4S. The lowest BCUT2D eigenvalue weighted by atomic mass is 10.4. The van der Waals surface area contributed by atoms with Crippen LogP contribution in [0.5, 0.6) is 0 Å². The van der Waals surface area contributed by atoms with Crippen LogP contribution in [0.15, 0.2) is 17.3 Å². The second-order valence-electron chi connectivity index (χ2n) is 3.93. The Balaban J connectivity index is 2.93. The van der Waals surface area contributed by atoms with Crippen LogP contribution in [-0.2, 0) is 14.8 Å². The Morgan fingerprint density at radius 2 is 2.06 bits per heavy atom. The highest BCUT2D eigenvalue weighted by Crippen LogP contribution is 2.11. The Hall–Kier alpha value is -1.41. The van der Waals surface area contributed by atoms with Crippen molar-refractivity contribution < 1.29 is 18.3 Å². The van der Waals surface area contributed by atoms with Crippen molar-refractivity contribution in [1.29, 1.82) is 0 Å². The molecule has 1 aromatic rings. The SMILES string of the molecule is CC(C)n1cc(S(=O)(=O)N[C@@H](C)C(=O)O)cn1. The predicted octanol–water partition coefficient (Wildman–Crippen LogP) is 0.215. The number of sulfonamides is 1. The highest BCUT2D eigenvalue weighted by atomic mass is 32.2. The Morgan fingerprint density at radius 1 is 1.47 bits per heavy atom. The number of nitrogens with zero attached hydrogens (tertiary/aromatic N) is 2. The van der Waals surface area contributed by atoms with Gasteiger partial charge >= 0.3 is 5.97 Å². The van der Waals surface area contributed by atoms with Gasteiger partial charge in [0.15, 0.2) is 0 Å². The summed E-state index contributed by atoms with van der Waals surface area (Å²) < 4.78 is 27.0. The quantitative estimate of drug-likeness (QED) is 0.789. The summed E-state index contributed by atoms with van der Waals surface area (Å²) in [6, 6.07) is -1.14. The summed E-state index contributed by atoms with van der Waals surface area (Å²) in [6.45, 7) is 4.97. The number of hydrogen-bond acceptors (Lipinski definition) is 4. The van der Waals surface area contributed by atoms with E-state index in [0.717, 1.165) is 0 Å². The van der Waals surface area contributed by atoms with Crippen molar-refractivity contribution in [3.63, 3.8) is 0 Å². The molecule has 1 rings (SSSR count). The lowest BCUT2D eigenvalue weighted by Gasteiger charge is -2.08. The van der Waals surface area contributed by atoms with E-state index in [-0.39, 0.29) is 10.9 Å². The lowest BCUT2D eigenvalue weighted by molar-refractivity contribution is -0.138. The molecule has 1 aromatic heterocycles. The first kappa shape index (κ1) is 13.7. The maximum absolute atomic E-state index is 11.8. The number of carboxylic acid groups (broad SMARTS) is 1. The molecule has 17 heavy (non-hydrogen) atoms. The smallest absolute Gasteiger partial charge is 0.321 e. The molecule has 0 saturated carbocycles. The third-order valence-corrected chi connectivity index (χ3v) is 3.61. The summed E-state index contributed by atoms with van der Waals surface area (Å²) in [5.41, 5.74) is 0. The van der Waals surface area contributed by atoms with Gasteiger partial charge in [-0.15, -0.1) is 0 Å². The number of nitrogens with one attached hydrogen (secondary N) is 1. The predicted molar refractivity (Wildman–Crippen MR) is 60.0 cm³/mol. The first-order valence-electron chi connectivity index (χ1n) is 5.03. The van der Waals surface area contributed by atoms with E-state index in [2.05, 4.69) is 5.10 Å². The molecule has 0 aromatic carbocycles. The molecule has 0 saturated heterocycles. The molecule has 0 radical (unpaired) electrons. The van der Waals surface area contributed by atoms with Gasteiger partial charge in [0.25, 0.3) is 0 Å². The Morgan fingerprint density at radius 3 is 2.47 bits per heavy atom. The van der Waals surface area contributed by atoms with E-state index >= 15 is 0 Å². The van der Waals surface area contributed by atoms with Crippen LogP contribution in [0.1, 0.15) is 26.8 Å². The summed E-state index contributed by atoms with van der Waals surface area (Å²) in [4.78, 5) is 10.5. The summed E-state index contributed by atoms with van der Waals surface area (Å²) in [6.07, 6.45) is 2.55. The van der Waals surface area contributed by atoms with Crippen molar-refractivity contribution in [2.24, 2.45) is 0 Å². The largest absolute Gasteiger partial charge is 0.480 e. The average molecular weight is 261 g/mol. The van der Waals surface area contributed by atoms with Crippen LogP contribution in [-0.4, -0.2) is 35.3 Å². The third kappa shape index (κ3) is 3.27. The Labute approximate surface area is 99.5 Å². The minimum Gasteiger partial charge on any atom is -0.480 e. The Bertz CT molecular complexity index is 506. The molecule has 0 bridgehead atoms.